The van der Waals surface area contributed by atoms with E-state index in [-0.39, 0.29) is 11.8 Å². The molecule has 194 valence electrons. The van der Waals surface area contributed by atoms with Crippen molar-refractivity contribution in [2.24, 2.45) is 10.9 Å². The van der Waals surface area contributed by atoms with Gasteiger partial charge in [0.2, 0.25) is 0 Å². The molecule has 0 amide bonds. The fourth-order valence-corrected chi connectivity index (χ4v) is 5.86. The summed E-state index contributed by atoms with van der Waals surface area (Å²) in [5, 5.41) is 17.7. The van der Waals surface area contributed by atoms with Crippen LogP contribution in [0.1, 0.15) is 49.4 Å². The lowest BCUT2D eigenvalue weighted by molar-refractivity contribution is 0.281. The zero-order valence-corrected chi connectivity index (χ0v) is 24.4. The number of benzene rings is 2. The van der Waals surface area contributed by atoms with Gasteiger partial charge in [0.05, 0.1) is 10.5 Å². The van der Waals surface area contributed by atoms with E-state index in [0.717, 1.165) is 41.1 Å². The van der Waals surface area contributed by atoms with E-state index in [1.165, 1.54) is 28.9 Å². The van der Waals surface area contributed by atoms with E-state index in [1.54, 1.807) is 19.3 Å². The van der Waals surface area contributed by atoms with Crippen LogP contribution in [0.2, 0.25) is 0 Å². The molecule has 1 aliphatic rings. The summed E-state index contributed by atoms with van der Waals surface area (Å²) in [7, 11) is 1.75. The third-order valence-corrected chi connectivity index (χ3v) is 8.41. The second-order valence-electron chi connectivity index (χ2n) is 9.53. The number of allylic oxidation sites excluding steroid dienone is 3. The van der Waals surface area contributed by atoms with Crippen LogP contribution in [0.15, 0.2) is 74.3 Å². The Kier molecular flexibility index (Phi) is 11.0. The number of aromatic hydroxyl groups is 1. The van der Waals surface area contributed by atoms with Gasteiger partial charge in [0, 0.05) is 54.7 Å². The Morgan fingerprint density at radius 2 is 2.03 bits per heavy atom. The van der Waals surface area contributed by atoms with Crippen molar-refractivity contribution >= 4 is 34.1 Å². The lowest BCUT2D eigenvalue weighted by Gasteiger charge is -2.32. The minimum absolute atomic E-state index is 0.181. The summed E-state index contributed by atoms with van der Waals surface area (Å²) in [4.78, 5) is 5.45. The third kappa shape index (κ3) is 8.43. The Labute approximate surface area is 229 Å². The normalized spacial score (nSPS) is 18.7. The lowest BCUT2D eigenvalue weighted by Crippen LogP contribution is -2.36. The van der Waals surface area contributed by atoms with E-state index in [0.29, 0.717) is 5.92 Å². The van der Waals surface area contributed by atoms with Gasteiger partial charge in [0.25, 0.3) is 0 Å². The van der Waals surface area contributed by atoms with Crippen molar-refractivity contribution in [1.29, 1.82) is 0 Å². The third-order valence-electron chi connectivity index (χ3n) is 6.38. The predicted molar refractivity (Wildman–Crippen MR) is 158 cm³/mol. The molecule has 3 N–H and O–H groups in total. The van der Waals surface area contributed by atoms with Gasteiger partial charge in [-0.25, -0.2) is 4.31 Å². The molecule has 2 unspecified atom stereocenters. The maximum atomic E-state index is 10.5. The second kappa shape index (κ2) is 13.9. The number of phenolic OH excluding ortho intramolecular Hbond substituents is 1. The average Bonchev–Trinajstić information content (AvgIpc) is 2.85. The summed E-state index contributed by atoms with van der Waals surface area (Å²) < 4.78 is 3.40. The van der Waals surface area contributed by atoms with E-state index in [1.807, 2.05) is 37.1 Å². The molecule has 7 heteroatoms. The summed E-state index contributed by atoms with van der Waals surface area (Å²) >= 11 is 5.47. The fraction of sp³-hybridized carbons (Fsp3) is 0.414. The Morgan fingerprint density at radius 3 is 2.78 bits per heavy atom. The van der Waals surface area contributed by atoms with Crippen LogP contribution in [-0.2, 0) is 0 Å². The van der Waals surface area contributed by atoms with Gasteiger partial charge in [-0.2, -0.15) is 0 Å². The highest BCUT2D eigenvalue weighted by atomic mass is 79.9. The lowest BCUT2D eigenvalue weighted by atomic mass is 9.99. The molecular weight excluding hydrogens is 532 g/mol. The number of hydrogen-bond acceptors (Lipinski definition) is 6. The number of piperidine rings is 1. The van der Waals surface area contributed by atoms with Crippen LogP contribution in [-0.4, -0.2) is 42.3 Å². The van der Waals surface area contributed by atoms with Crippen molar-refractivity contribution in [2.45, 2.75) is 51.5 Å². The van der Waals surface area contributed by atoms with Crippen LogP contribution in [0.4, 0.5) is 0 Å². The minimum atomic E-state index is -0.181. The topological polar surface area (TPSA) is 59.9 Å². The van der Waals surface area contributed by atoms with E-state index in [2.05, 4.69) is 80.9 Å². The van der Waals surface area contributed by atoms with Crippen LogP contribution in [0.5, 0.6) is 5.75 Å². The molecule has 1 heterocycles. The predicted octanol–water partition coefficient (Wildman–Crippen LogP) is 6.88. The number of nitrogens with one attached hydrogen (secondary N) is 2. The zero-order chi connectivity index (χ0) is 26.1. The summed E-state index contributed by atoms with van der Waals surface area (Å²) in [6.45, 7) is 11.6. The van der Waals surface area contributed by atoms with Gasteiger partial charge in [-0.05, 0) is 104 Å². The molecule has 0 saturated carbocycles. The molecule has 0 radical (unpaired) electrons. The largest absolute Gasteiger partial charge is 0.508 e. The van der Waals surface area contributed by atoms with Gasteiger partial charge >= 0.3 is 0 Å². The van der Waals surface area contributed by atoms with Gasteiger partial charge in [-0.1, -0.05) is 30.3 Å². The number of nitrogens with zero attached hydrogens (tertiary/aromatic N) is 2. The van der Waals surface area contributed by atoms with Gasteiger partial charge < -0.3 is 15.7 Å². The first-order valence-corrected chi connectivity index (χ1v) is 14.1. The Bertz CT molecular complexity index is 1110. The van der Waals surface area contributed by atoms with E-state index in [9.17, 15) is 5.11 Å². The van der Waals surface area contributed by atoms with Gasteiger partial charge in [0.1, 0.15) is 5.75 Å². The number of phenols is 1. The molecule has 3 rings (SSSR count). The molecule has 0 bridgehead atoms. The highest BCUT2D eigenvalue weighted by Crippen LogP contribution is 2.31. The summed E-state index contributed by atoms with van der Waals surface area (Å²) in [6, 6.07) is 14.0. The second-order valence-corrected chi connectivity index (χ2v) is 11.5. The van der Waals surface area contributed by atoms with Gasteiger partial charge in [0.15, 0.2) is 0 Å². The van der Waals surface area contributed by atoms with Crippen LogP contribution >= 0.6 is 27.9 Å². The zero-order valence-electron chi connectivity index (χ0n) is 22.0. The van der Waals surface area contributed by atoms with E-state index < -0.39 is 0 Å². The summed E-state index contributed by atoms with van der Waals surface area (Å²) in [5.41, 5.74) is 5.52. The monoisotopic (exact) mass is 570 g/mol. The smallest absolute Gasteiger partial charge is 0.121 e. The van der Waals surface area contributed by atoms with Crippen LogP contribution in [0, 0.1) is 19.8 Å². The average molecular weight is 572 g/mol. The number of para-hydroxylation sites is 1. The van der Waals surface area contributed by atoms with Crippen LogP contribution in [0.25, 0.3) is 0 Å². The fourth-order valence-electron chi connectivity index (χ4n) is 4.31. The molecule has 1 fully saturated rings. The quantitative estimate of drug-likeness (QED) is 0.214. The highest BCUT2D eigenvalue weighted by molar-refractivity contribution is 9.12. The maximum absolute atomic E-state index is 10.5. The molecule has 5 nitrogen and oxygen atoms in total. The van der Waals surface area contributed by atoms with Crippen molar-refractivity contribution in [1.82, 2.24) is 14.9 Å². The van der Waals surface area contributed by atoms with Gasteiger partial charge in [-0.3, -0.25) is 4.99 Å². The Morgan fingerprint density at radius 1 is 1.25 bits per heavy atom. The number of halogens is 1. The Hall–Kier alpha value is -2.22. The molecule has 0 spiro atoms. The summed E-state index contributed by atoms with van der Waals surface area (Å²) in [5.74, 6) is 0.867. The molecule has 2 aromatic carbocycles. The molecular formula is C29H39BrN4OS. The first-order chi connectivity index (χ1) is 17.3. The maximum Gasteiger partial charge on any atom is 0.121 e. The van der Waals surface area contributed by atoms with Gasteiger partial charge in [-0.15, -0.1) is 0 Å². The SMILES string of the molecule is CN=C/C(Br)=C(\C)NC(/C=C(\C)NCC1CCCN(Sc2cc(C)ccc2C)C1)c1ccccc1O. The van der Waals surface area contributed by atoms with Crippen LogP contribution < -0.4 is 10.6 Å². The van der Waals surface area contributed by atoms with E-state index >= 15 is 0 Å². The molecule has 0 aromatic heterocycles. The number of rotatable bonds is 10. The Balaban J connectivity index is 1.66. The number of aliphatic imine (C=N–C) groups is 1. The molecule has 2 atom stereocenters. The van der Waals surface area contributed by atoms with Crippen LogP contribution in [0.3, 0.4) is 0 Å². The van der Waals surface area contributed by atoms with Crippen molar-refractivity contribution in [3.63, 3.8) is 0 Å². The number of aryl methyl sites for hydroxylation is 2. The molecule has 0 aliphatic carbocycles. The van der Waals surface area contributed by atoms with Crippen molar-refractivity contribution < 1.29 is 5.11 Å². The summed E-state index contributed by atoms with van der Waals surface area (Å²) in [6.07, 6.45) is 6.36. The number of hydrogen-bond donors (Lipinski definition) is 3. The van der Waals surface area contributed by atoms with E-state index in [4.69, 9.17) is 0 Å². The first kappa shape index (κ1) is 28.4. The molecule has 1 aliphatic heterocycles. The highest BCUT2D eigenvalue weighted by Gasteiger charge is 2.21. The van der Waals surface area contributed by atoms with Crippen molar-refractivity contribution in [2.75, 3.05) is 26.7 Å². The van der Waals surface area contributed by atoms with Crippen molar-refractivity contribution in [3.8, 4) is 5.75 Å². The van der Waals surface area contributed by atoms with Crippen molar-refractivity contribution in [3.05, 3.63) is 81.1 Å². The molecule has 2 aromatic rings. The minimum Gasteiger partial charge on any atom is -0.508 e. The molecule has 36 heavy (non-hydrogen) atoms. The molecule has 1 saturated heterocycles. The standard InChI is InChI=1S/C29H39BrN4OS/c1-20-12-13-21(2)29(15-20)36-34-14-8-9-24(19-34)17-32-22(3)16-27(25-10-6-7-11-28(25)35)33-23(4)26(30)18-31-5/h6-7,10-13,15-16,18,24,27,32-33,35H,8-9,14,17,19H2,1-5H3/b22-16+,26-23-,31-18?. The first-order valence-electron chi connectivity index (χ1n) is 12.5.